The van der Waals surface area contributed by atoms with Crippen LogP contribution in [0.2, 0.25) is 10.0 Å². The van der Waals surface area contributed by atoms with E-state index in [1.54, 1.807) is 274 Å². The molecule has 43 heteroatoms. The Bertz CT molecular complexity index is 7150. The van der Waals surface area contributed by atoms with E-state index in [1.165, 1.54) is 43.9 Å². The zero-order valence-electron chi connectivity index (χ0n) is 80.5. The number of hydrogen-bond acceptors (Lipinski definition) is 25. The van der Waals surface area contributed by atoms with Gasteiger partial charge in [-0.2, -0.15) is 0 Å². The molecule has 0 aliphatic carbocycles. The van der Waals surface area contributed by atoms with Crippen LogP contribution < -0.4 is 102 Å². The van der Waals surface area contributed by atoms with Gasteiger partial charge in [-0.3, -0.25) is 19.2 Å². The number of fused-ring (bicyclic) bond motifs is 4. The molecular weight excluding hydrogens is 2000 g/mol. The molecule has 4 aliphatic heterocycles. The van der Waals surface area contributed by atoms with Gasteiger partial charge in [-0.05, 0) is 195 Å². The van der Waals surface area contributed by atoms with Crippen LogP contribution in [0.5, 0.6) is 51.7 Å². The highest BCUT2D eigenvalue weighted by atomic mass is 35.5. The van der Waals surface area contributed by atoms with E-state index in [0.29, 0.717) is 119 Å². The fourth-order valence-corrected chi connectivity index (χ4v) is 20.4. The van der Waals surface area contributed by atoms with Crippen LogP contribution in [-0.2, 0) is 85.0 Å². The Kier molecular flexibility index (Phi) is 35.4. The van der Waals surface area contributed by atoms with Crippen LogP contribution in [0.1, 0.15) is 57.0 Å². The Balaban J connectivity index is 0.000000163. The Morgan fingerprint density at radius 2 is 0.548 bits per heavy atom. The predicted molar refractivity (Wildman–Crippen MR) is 546 cm³/mol. The minimum absolute atomic E-state index is 0.0144. The minimum atomic E-state index is -4.17. The molecule has 4 atom stereocenters. The number of nitrogens with one attached hydrogen (secondary N) is 8. The van der Waals surface area contributed by atoms with Crippen LogP contribution in [0.25, 0.3) is 0 Å². The van der Waals surface area contributed by atoms with Crippen molar-refractivity contribution in [2.24, 2.45) is 0 Å². The molecule has 37 nitrogen and oxygen atoms in total. The van der Waals surface area contributed by atoms with Gasteiger partial charge in [0, 0.05) is 111 Å². The molecule has 0 aromatic heterocycles. The molecule has 764 valence electrons. The molecule has 4 heterocycles. The summed E-state index contributed by atoms with van der Waals surface area (Å²) in [6.45, 7) is 11.2. The number of nitrogens with zero attached hydrogens (tertiary/aromatic N) is 4. The number of likely N-dealkylation sites (N-methyl/N-ethyl adjacent to an activating group) is 4. The second kappa shape index (κ2) is 48.0. The number of ether oxygens (including phenoxy) is 9. The minimum Gasteiger partial charge on any atom is -0.494 e. The first-order valence-electron chi connectivity index (χ1n) is 45.1. The number of benzene rings is 12. The van der Waals surface area contributed by atoms with E-state index in [-0.39, 0.29) is 72.4 Å². The van der Waals surface area contributed by atoms with Crippen molar-refractivity contribution in [3.8, 4) is 51.7 Å². The summed E-state index contributed by atoms with van der Waals surface area (Å²) in [5.74, 6) is 3.11. The van der Waals surface area contributed by atoms with Gasteiger partial charge in [0.15, 0.2) is 46.0 Å². The predicted octanol–water partition coefficient (Wildman–Crippen LogP) is 14.0. The number of halogens is 2. The maximum atomic E-state index is 13.6. The molecule has 0 spiro atoms. The highest BCUT2D eigenvalue weighted by Gasteiger charge is 2.36. The average molecular weight is 2110 g/mol. The highest BCUT2D eigenvalue weighted by Crippen LogP contribution is 2.40. The van der Waals surface area contributed by atoms with Crippen molar-refractivity contribution in [3.63, 3.8) is 0 Å². The summed E-state index contributed by atoms with van der Waals surface area (Å²) in [6.07, 6.45) is 0.407. The molecule has 8 N–H and O–H groups in total. The second-order valence-corrected chi connectivity index (χ2v) is 40.8. The zero-order chi connectivity index (χ0) is 105. The Hall–Kier alpha value is -15.8. The molecule has 4 aliphatic rings. The fourth-order valence-electron chi connectivity index (χ4n) is 15.4. The van der Waals surface area contributed by atoms with Crippen molar-refractivity contribution >= 4 is 134 Å². The van der Waals surface area contributed by atoms with Gasteiger partial charge < -0.3 is 83.5 Å². The van der Waals surface area contributed by atoms with Crippen LogP contribution in [-0.4, -0.2) is 168 Å². The number of carbonyl (C=O) groups excluding carboxylic acids is 8. The number of carbonyl (C=O) groups is 8. The van der Waals surface area contributed by atoms with Crippen molar-refractivity contribution in [2.45, 2.75) is 111 Å². The topological polar surface area (TPSA) is 465 Å². The summed E-state index contributed by atoms with van der Waals surface area (Å²) < 4.78 is 159. The number of urea groups is 4. The first-order valence-corrected chi connectivity index (χ1v) is 51.8. The lowest BCUT2D eigenvalue weighted by Gasteiger charge is -2.25. The van der Waals surface area contributed by atoms with Gasteiger partial charge in [-0.25, -0.2) is 71.7 Å². The number of sulfonamides is 4. The van der Waals surface area contributed by atoms with Gasteiger partial charge in [0.2, 0.25) is 50.8 Å². The first kappa shape index (κ1) is 107. The normalized spacial score (nSPS) is 13.0. The molecule has 0 radical (unpaired) electrons. The van der Waals surface area contributed by atoms with Crippen LogP contribution in [0.3, 0.4) is 0 Å². The Morgan fingerprint density at radius 3 is 0.829 bits per heavy atom. The molecule has 0 saturated carbocycles. The molecule has 0 bridgehead atoms. The first-order chi connectivity index (χ1) is 69.6. The van der Waals surface area contributed by atoms with Gasteiger partial charge in [-0.15, -0.1) is 0 Å². The third-order valence-electron chi connectivity index (χ3n) is 23.2. The van der Waals surface area contributed by atoms with Crippen LogP contribution in [0.4, 0.5) is 41.9 Å². The summed E-state index contributed by atoms with van der Waals surface area (Å²) in [4.78, 5) is 111. The van der Waals surface area contributed by atoms with Gasteiger partial charge in [0.1, 0.15) is 29.9 Å². The standard InChI is InChI=1S/C27H29N3O7S.C26H27N3O6S.2C25H24ClN3O6S/c1-4-35-21-12-9-19(10-13-21)15-22(26(31)30(3)20-11-14-23-24(16-20)37-17-36-23)28-27(32)29-38(33,34)25-8-6-5-7-18(25)2;1-17-8-4-6-10-19(17)14-21(25(30)29(3)20-12-13-22-23(15-20)35-16-34-22)27-26(31)28-36(32,33)24-11-7-5-9-18(24)2;1-16-7-3-6-10-23(16)36(32,33)28-25(31)27-20(13-17-8-4-5-9-19(17)26)24(30)29(2)18-11-12-21-22(14-18)35-15-34-21;1-16-5-3-4-6-23(16)36(32,33)28-25(31)27-20(13-17-7-9-18(26)10-8-17)24(30)29(2)19-11-12-21-22(14-19)35-15-34-21/h5-14,16,22H,4,15,17H2,1-3H3,(H2,28,29,32);4-13,15,21H,14,16H2,1-3H3,(H2,27,28,31);2*3-12,14,20H,13,15H2,1-2H3,(H2,27,28,31)/t22-;21-;2*20-/m0000/s1. The largest absolute Gasteiger partial charge is 0.494 e. The zero-order valence-corrected chi connectivity index (χ0v) is 85.2. The Morgan fingerprint density at radius 1 is 0.301 bits per heavy atom. The van der Waals surface area contributed by atoms with Crippen LogP contribution in [0, 0.1) is 34.6 Å². The van der Waals surface area contributed by atoms with E-state index >= 15 is 0 Å². The molecule has 12 aromatic carbocycles. The molecule has 0 fully saturated rings. The van der Waals surface area contributed by atoms with Crippen LogP contribution in [0.15, 0.2) is 287 Å². The summed E-state index contributed by atoms with van der Waals surface area (Å²) in [5, 5.41) is 11.1. The average Bonchev–Trinajstić information content (AvgIpc) is 1.19. The third kappa shape index (κ3) is 27.8. The number of anilines is 4. The number of amides is 12. The maximum absolute atomic E-state index is 13.6. The molecular formula is C103H104Cl2N12O25S4. The number of rotatable bonds is 30. The molecule has 12 amide bonds. The van der Waals surface area contributed by atoms with Crippen molar-refractivity contribution in [1.29, 1.82) is 0 Å². The Labute approximate surface area is 854 Å². The van der Waals surface area contributed by atoms with Crippen LogP contribution >= 0.6 is 23.2 Å². The quantitative estimate of drug-likeness (QED) is 0.0207. The van der Waals surface area contributed by atoms with E-state index in [0.717, 1.165) is 22.3 Å². The van der Waals surface area contributed by atoms with E-state index in [2.05, 4.69) is 21.3 Å². The van der Waals surface area contributed by atoms with E-state index in [1.807, 2.05) is 57.0 Å². The maximum Gasteiger partial charge on any atom is 0.329 e. The van der Waals surface area contributed by atoms with Gasteiger partial charge in [-0.1, -0.05) is 163 Å². The fraction of sp³-hybridized carbons (Fsp3) is 0.223. The van der Waals surface area contributed by atoms with E-state index in [4.69, 9.17) is 65.8 Å². The van der Waals surface area contributed by atoms with Crippen molar-refractivity contribution in [1.82, 2.24) is 40.2 Å². The summed E-state index contributed by atoms with van der Waals surface area (Å²) in [6, 6.07) is 65.2. The number of aryl methyl sites for hydroxylation is 5. The SMILES string of the molecule is CCOc1ccc(C[C@H](NC(=O)NS(=O)(=O)c2ccccc2C)C(=O)N(C)c2ccc3c(c2)OCO3)cc1.Cc1ccccc1C[C@H](NC(=O)NS(=O)(=O)c1ccccc1C)C(=O)N(C)c1ccc2c(c1)OCO2.Cc1ccccc1S(=O)(=O)NC(=O)N[C@@H](Cc1ccc(Cl)cc1)C(=O)N(C)c1ccc2c(c1)OCO2.Cc1ccccc1S(=O)(=O)NC(=O)N[C@@H](Cc1ccccc1Cl)C(=O)N(C)c1ccc2c(c1)OCO2. The van der Waals surface area contributed by atoms with Gasteiger partial charge in [0.05, 0.1) is 26.2 Å². The summed E-state index contributed by atoms with van der Waals surface area (Å²) >= 11 is 12.3. The van der Waals surface area contributed by atoms with Crippen molar-refractivity contribution in [2.75, 3.05) is 81.6 Å². The van der Waals surface area contributed by atoms with Crippen molar-refractivity contribution in [3.05, 3.63) is 327 Å². The monoisotopic (exact) mass is 2110 g/mol. The smallest absolute Gasteiger partial charge is 0.329 e. The molecule has 16 rings (SSSR count). The number of hydrogen-bond donors (Lipinski definition) is 8. The van der Waals surface area contributed by atoms with E-state index in [9.17, 15) is 72.0 Å². The molecule has 146 heavy (non-hydrogen) atoms. The summed E-state index contributed by atoms with van der Waals surface area (Å²) in [7, 11) is -10.4. The van der Waals surface area contributed by atoms with Crippen molar-refractivity contribution < 1.29 is 115 Å². The van der Waals surface area contributed by atoms with Gasteiger partial charge in [0.25, 0.3) is 40.1 Å². The lowest BCUT2D eigenvalue weighted by Crippen LogP contribution is -2.52. The molecule has 0 saturated heterocycles. The third-order valence-corrected chi connectivity index (χ3v) is 29.8. The van der Waals surface area contributed by atoms with Gasteiger partial charge >= 0.3 is 24.1 Å². The summed E-state index contributed by atoms with van der Waals surface area (Å²) in [5.41, 5.74) is 7.87. The second-order valence-electron chi connectivity index (χ2n) is 33.4. The molecule has 0 unspecified atom stereocenters. The highest BCUT2D eigenvalue weighted by molar-refractivity contribution is 7.91. The van der Waals surface area contributed by atoms with E-state index < -0.39 is 112 Å². The molecule has 12 aromatic rings. The lowest BCUT2D eigenvalue weighted by atomic mass is 10.00. The lowest BCUT2D eigenvalue weighted by molar-refractivity contribution is -0.120.